The van der Waals surface area contributed by atoms with Crippen molar-refractivity contribution in [2.45, 2.75) is 33.4 Å². The number of nitrogens with zero attached hydrogens (tertiary/aromatic N) is 3. The third kappa shape index (κ3) is 4.69. The van der Waals surface area contributed by atoms with Crippen LogP contribution >= 0.6 is 0 Å². The highest BCUT2D eigenvalue weighted by molar-refractivity contribution is 5.93. The first kappa shape index (κ1) is 17.7. The van der Waals surface area contributed by atoms with Gasteiger partial charge in [0.25, 0.3) is 5.91 Å². The van der Waals surface area contributed by atoms with Crippen LogP contribution in [0.4, 0.5) is 0 Å². The number of aryl methyl sites for hydroxylation is 1. The smallest absolute Gasteiger partial charge is 0.254 e. The number of likely N-dealkylation sites (tertiary alicyclic amines) is 1. The van der Waals surface area contributed by atoms with Crippen molar-refractivity contribution in [1.82, 2.24) is 20.0 Å². The van der Waals surface area contributed by atoms with Crippen LogP contribution in [0.2, 0.25) is 0 Å². The molecule has 3 rings (SSSR count). The second-order valence-electron chi connectivity index (χ2n) is 7.49. The van der Waals surface area contributed by atoms with Crippen LogP contribution in [0.5, 0.6) is 0 Å². The molecule has 0 spiro atoms. The van der Waals surface area contributed by atoms with Crippen LogP contribution in [0.15, 0.2) is 36.7 Å². The number of carbonyl (C=O) groups excluding carboxylic acids is 1. The van der Waals surface area contributed by atoms with Crippen LogP contribution in [-0.2, 0) is 20.1 Å². The number of rotatable bonds is 5. The van der Waals surface area contributed by atoms with Crippen molar-refractivity contribution in [3.8, 4) is 0 Å². The molecular formula is C20H28N4O. The molecule has 134 valence electrons. The normalized spacial score (nSPS) is 21.2. The summed E-state index contributed by atoms with van der Waals surface area (Å²) in [6.07, 6.45) is 4.65. The van der Waals surface area contributed by atoms with Crippen LogP contribution in [-0.4, -0.2) is 33.7 Å². The molecule has 2 atom stereocenters. The lowest BCUT2D eigenvalue weighted by Gasteiger charge is -2.35. The first-order valence-electron chi connectivity index (χ1n) is 9.07. The van der Waals surface area contributed by atoms with Gasteiger partial charge < -0.3 is 5.32 Å². The summed E-state index contributed by atoms with van der Waals surface area (Å²) in [6.45, 7) is 8.48. The number of hydrogen-bond donors (Lipinski definition) is 1. The number of benzene rings is 1. The molecule has 0 saturated carbocycles. The Labute approximate surface area is 150 Å². The summed E-state index contributed by atoms with van der Waals surface area (Å²) in [6, 6.07) is 8.40. The molecular weight excluding hydrogens is 312 g/mol. The molecule has 2 heterocycles. The zero-order valence-electron chi connectivity index (χ0n) is 15.4. The maximum absolute atomic E-state index is 12.2. The van der Waals surface area contributed by atoms with Crippen molar-refractivity contribution in [3.05, 3.63) is 53.3 Å². The lowest BCUT2D eigenvalue weighted by molar-refractivity contribution is 0.0950. The summed E-state index contributed by atoms with van der Waals surface area (Å²) in [5, 5.41) is 7.06. The van der Waals surface area contributed by atoms with Gasteiger partial charge >= 0.3 is 0 Å². The van der Waals surface area contributed by atoms with Gasteiger partial charge in [-0.2, -0.15) is 5.10 Å². The fraction of sp³-hybridized carbons (Fsp3) is 0.500. The summed E-state index contributed by atoms with van der Waals surface area (Å²) in [5.74, 6) is 1.42. The van der Waals surface area contributed by atoms with E-state index in [1.807, 2.05) is 13.1 Å². The third-order valence-corrected chi connectivity index (χ3v) is 4.86. The number of nitrogens with one attached hydrogen (secondary N) is 1. The number of carbonyl (C=O) groups is 1. The Morgan fingerprint density at radius 1 is 1.20 bits per heavy atom. The van der Waals surface area contributed by atoms with Crippen molar-refractivity contribution in [1.29, 1.82) is 0 Å². The Morgan fingerprint density at radius 2 is 1.88 bits per heavy atom. The van der Waals surface area contributed by atoms with E-state index in [-0.39, 0.29) is 5.91 Å². The molecule has 1 aromatic heterocycles. The van der Waals surface area contributed by atoms with E-state index >= 15 is 0 Å². The monoisotopic (exact) mass is 340 g/mol. The van der Waals surface area contributed by atoms with E-state index in [9.17, 15) is 4.79 Å². The van der Waals surface area contributed by atoms with Crippen molar-refractivity contribution in [2.75, 3.05) is 13.1 Å². The van der Waals surface area contributed by atoms with Crippen LogP contribution in [0.25, 0.3) is 0 Å². The fourth-order valence-electron chi connectivity index (χ4n) is 3.86. The van der Waals surface area contributed by atoms with E-state index in [4.69, 9.17) is 0 Å². The zero-order valence-corrected chi connectivity index (χ0v) is 15.4. The predicted molar refractivity (Wildman–Crippen MR) is 99.0 cm³/mol. The summed E-state index contributed by atoms with van der Waals surface area (Å²) < 4.78 is 1.64. The van der Waals surface area contributed by atoms with Crippen molar-refractivity contribution in [2.24, 2.45) is 18.9 Å². The molecule has 0 unspecified atom stereocenters. The second-order valence-corrected chi connectivity index (χ2v) is 7.49. The Bertz CT molecular complexity index is 714. The summed E-state index contributed by atoms with van der Waals surface area (Å²) in [4.78, 5) is 14.8. The molecule has 0 bridgehead atoms. The maximum atomic E-state index is 12.2. The Hall–Kier alpha value is -2.14. The second kappa shape index (κ2) is 7.83. The largest absolute Gasteiger partial charge is 0.348 e. The molecule has 1 aliphatic heterocycles. The topological polar surface area (TPSA) is 50.2 Å². The molecule has 1 amide bonds. The molecule has 1 N–H and O–H groups in total. The lowest BCUT2D eigenvalue weighted by atomic mass is 9.91. The maximum Gasteiger partial charge on any atom is 0.254 e. The number of hydrogen-bond acceptors (Lipinski definition) is 3. The minimum atomic E-state index is -0.0804. The van der Waals surface area contributed by atoms with E-state index in [1.54, 1.807) is 17.1 Å². The van der Waals surface area contributed by atoms with Crippen molar-refractivity contribution in [3.63, 3.8) is 0 Å². The van der Waals surface area contributed by atoms with Gasteiger partial charge in [-0.05, 0) is 29.4 Å². The average molecular weight is 340 g/mol. The highest BCUT2D eigenvalue weighted by Gasteiger charge is 2.22. The molecule has 25 heavy (non-hydrogen) atoms. The van der Waals surface area contributed by atoms with Gasteiger partial charge in [0.05, 0.1) is 11.8 Å². The minimum absolute atomic E-state index is 0.0804. The number of aromatic nitrogens is 2. The third-order valence-electron chi connectivity index (χ3n) is 4.86. The molecule has 5 nitrogen and oxygen atoms in total. The fourth-order valence-corrected chi connectivity index (χ4v) is 3.86. The first-order valence-corrected chi connectivity index (χ1v) is 9.07. The van der Waals surface area contributed by atoms with Gasteiger partial charge in [0, 0.05) is 39.4 Å². The highest BCUT2D eigenvalue weighted by atomic mass is 16.1. The van der Waals surface area contributed by atoms with Crippen LogP contribution in [0.1, 0.15) is 41.8 Å². The summed E-state index contributed by atoms with van der Waals surface area (Å²) >= 11 is 0. The molecule has 0 aliphatic carbocycles. The Kier molecular flexibility index (Phi) is 5.53. The molecule has 2 aromatic rings. The number of piperidine rings is 1. The van der Waals surface area contributed by atoms with Crippen molar-refractivity contribution >= 4 is 5.91 Å². The van der Waals surface area contributed by atoms with E-state index in [0.29, 0.717) is 12.1 Å². The van der Waals surface area contributed by atoms with Gasteiger partial charge in [0.1, 0.15) is 0 Å². The van der Waals surface area contributed by atoms with Crippen LogP contribution in [0.3, 0.4) is 0 Å². The molecule has 5 heteroatoms. The van der Waals surface area contributed by atoms with Gasteiger partial charge in [-0.25, -0.2) is 0 Å². The van der Waals surface area contributed by atoms with Crippen molar-refractivity contribution < 1.29 is 4.79 Å². The summed E-state index contributed by atoms with van der Waals surface area (Å²) in [7, 11) is 1.81. The Morgan fingerprint density at radius 3 is 2.52 bits per heavy atom. The first-order chi connectivity index (χ1) is 12.0. The molecule has 0 radical (unpaired) electrons. The van der Waals surface area contributed by atoms with Gasteiger partial charge in [-0.3, -0.25) is 14.4 Å². The SMILES string of the molecule is C[C@@H]1C[C@H](C)CN(Cc2ccccc2CNC(=O)c2cnn(C)c2)C1. The molecule has 1 saturated heterocycles. The molecule has 1 aliphatic rings. The molecule has 1 fully saturated rings. The van der Waals surface area contributed by atoms with E-state index in [0.717, 1.165) is 31.5 Å². The van der Waals surface area contributed by atoms with Crippen LogP contribution in [0, 0.1) is 11.8 Å². The Balaban J connectivity index is 1.63. The predicted octanol–water partition coefficient (Wildman–Crippen LogP) is 2.83. The number of amides is 1. The van der Waals surface area contributed by atoms with Gasteiger partial charge in [-0.1, -0.05) is 38.1 Å². The van der Waals surface area contributed by atoms with Crippen LogP contribution < -0.4 is 5.32 Å². The van der Waals surface area contributed by atoms with E-state index in [2.05, 4.69) is 47.4 Å². The van der Waals surface area contributed by atoms with Gasteiger partial charge in [-0.15, -0.1) is 0 Å². The highest BCUT2D eigenvalue weighted by Crippen LogP contribution is 2.23. The molecule has 1 aromatic carbocycles. The average Bonchev–Trinajstić information content (AvgIpc) is 2.99. The zero-order chi connectivity index (χ0) is 17.8. The quantitative estimate of drug-likeness (QED) is 0.910. The van der Waals surface area contributed by atoms with Gasteiger partial charge in [0.2, 0.25) is 0 Å². The van der Waals surface area contributed by atoms with Gasteiger partial charge in [0.15, 0.2) is 0 Å². The standard InChI is InChI=1S/C20H28N4O/c1-15-8-16(2)12-24(11-15)14-18-7-5-4-6-17(18)9-21-20(25)19-10-22-23(3)13-19/h4-7,10,13,15-16H,8-9,11-12,14H2,1-3H3,(H,21,25)/t15-,16+. The van der Waals surface area contributed by atoms with E-state index < -0.39 is 0 Å². The summed E-state index contributed by atoms with van der Waals surface area (Å²) in [5.41, 5.74) is 3.08. The minimum Gasteiger partial charge on any atom is -0.348 e. The van der Waals surface area contributed by atoms with E-state index in [1.165, 1.54) is 17.5 Å². The lowest BCUT2D eigenvalue weighted by Crippen LogP contribution is -2.38.